The molecule has 0 bridgehead atoms. The molecule has 0 aliphatic heterocycles. The summed E-state index contributed by atoms with van der Waals surface area (Å²) in [5.74, 6) is 0.0811. The Balaban J connectivity index is 1.64. The largest absolute Gasteiger partial charge is 0.465 e. The molecule has 2 heterocycles. The maximum Gasteiger partial charge on any atom is 0.341 e. The van der Waals surface area contributed by atoms with Crippen LogP contribution in [-0.4, -0.2) is 39.9 Å². The van der Waals surface area contributed by atoms with Gasteiger partial charge in [-0.15, -0.1) is 16.4 Å². The maximum absolute atomic E-state index is 12.3. The highest BCUT2D eigenvalue weighted by Gasteiger charge is 2.21. The Kier molecular flexibility index (Phi) is 5.92. The van der Waals surface area contributed by atoms with Gasteiger partial charge in [-0.2, -0.15) is 0 Å². The van der Waals surface area contributed by atoms with Gasteiger partial charge in [0.2, 0.25) is 11.1 Å². The molecule has 0 saturated heterocycles. The average Bonchev–Trinajstić information content (AvgIpc) is 3.25. The minimum absolute atomic E-state index is 0.128. The Hall–Kier alpha value is -2.65. The van der Waals surface area contributed by atoms with Crippen LogP contribution in [0.25, 0.3) is 11.4 Å². The summed E-state index contributed by atoms with van der Waals surface area (Å²) in [7, 11) is 1.32. The van der Waals surface area contributed by atoms with Crippen LogP contribution < -0.4 is 5.32 Å². The van der Waals surface area contributed by atoms with Gasteiger partial charge in [-0.1, -0.05) is 42.1 Å². The molecule has 0 aliphatic carbocycles. The number of aryl methyl sites for hydroxylation is 1. The third kappa shape index (κ3) is 4.37. The number of carbonyl (C=O) groups excluding carboxylic acids is 2. The van der Waals surface area contributed by atoms with E-state index in [4.69, 9.17) is 4.74 Å². The Morgan fingerprint density at radius 2 is 2.00 bits per heavy atom. The first-order valence-electron chi connectivity index (χ1n) is 8.08. The number of carbonyl (C=O) groups is 2. The summed E-state index contributed by atoms with van der Waals surface area (Å²) in [5, 5.41) is 10.8. The van der Waals surface area contributed by atoms with Gasteiger partial charge < -0.3 is 10.1 Å². The molecular formula is C18H18N4O3S2. The molecule has 0 unspecified atom stereocenters. The van der Waals surface area contributed by atoms with E-state index in [1.165, 1.54) is 30.2 Å². The number of rotatable bonds is 6. The smallest absolute Gasteiger partial charge is 0.341 e. The van der Waals surface area contributed by atoms with Crippen molar-refractivity contribution in [3.8, 4) is 11.4 Å². The molecular weight excluding hydrogens is 384 g/mol. The zero-order chi connectivity index (χ0) is 19.4. The zero-order valence-electron chi connectivity index (χ0n) is 15.0. The SMILES string of the molecule is COC(=O)c1c(NC(=O)CSc2n[nH]c(-c3ccccc3)n2)sc(C)c1C. The van der Waals surface area contributed by atoms with Crippen LogP contribution in [0.4, 0.5) is 5.00 Å². The van der Waals surface area contributed by atoms with Crippen LogP contribution in [-0.2, 0) is 9.53 Å². The molecule has 2 aromatic heterocycles. The summed E-state index contributed by atoms with van der Waals surface area (Å²) < 4.78 is 4.81. The molecule has 7 nitrogen and oxygen atoms in total. The van der Waals surface area contributed by atoms with Crippen LogP contribution in [0.1, 0.15) is 20.8 Å². The van der Waals surface area contributed by atoms with Gasteiger partial charge in [-0.25, -0.2) is 9.78 Å². The van der Waals surface area contributed by atoms with Crippen molar-refractivity contribution in [3.05, 3.63) is 46.3 Å². The topological polar surface area (TPSA) is 97.0 Å². The average molecular weight is 403 g/mol. The van der Waals surface area contributed by atoms with E-state index in [1.807, 2.05) is 44.2 Å². The number of benzene rings is 1. The predicted octanol–water partition coefficient (Wildman–Crippen LogP) is 3.67. The number of anilines is 1. The highest BCUT2D eigenvalue weighted by atomic mass is 32.2. The van der Waals surface area contributed by atoms with Crippen LogP contribution in [0.5, 0.6) is 0 Å². The van der Waals surface area contributed by atoms with E-state index in [0.717, 1.165) is 16.0 Å². The van der Waals surface area contributed by atoms with Gasteiger partial charge in [-0.05, 0) is 19.4 Å². The molecule has 0 atom stereocenters. The summed E-state index contributed by atoms with van der Waals surface area (Å²) in [6, 6.07) is 9.62. The molecule has 3 rings (SSSR count). The number of H-pyrrole nitrogens is 1. The monoisotopic (exact) mass is 402 g/mol. The van der Waals surface area contributed by atoms with Crippen molar-refractivity contribution < 1.29 is 14.3 Å². The van der Waals surface area contributed by atoms with Crippen LogP contribution in [0.3, 0.4) is 0 Å². The van der Waals surface area contributed by atoms with E-state index in [-0.39, 0.29) is 11.7 Å². The van der Waals surface area contributed by atoms with Gasteiger partial charge in [0, 0.05) is 10.4 Å². The van der Waals surface area contributed by atoms with Gasteiger partial charge in [0.05, 0.1) is 18.4 Å². The van der Waals surface area contributed by atoms with E-state index in [2.05, 4.69) is 20.5 Å². The number of esters is 1. The summed E-state index contributed by atoms with van der Waals surface area (Å²) in [5.41, 5.74) is 2.15. The number of aromatic nitrogens is 3. The second-order valence-corrected chi connectivity index (χ2v) is 7.82. The van der Waals surface area contributed by atoms with Gasteiger partial charge in [0.15, 0.2) is 5.82 Å². The number of ether oxygens (including phenoxy) is 1. The third-order valence-electron chi connectivity index (χ3n) is 3.87. The molecule has 0 aliphatic rings. The number of methoxy groups -OCH3 is 1. The van der Waals surface area contributed by atoms with E-state index in [1.54, 1.807) is 0 Å². The number of hydrogen-bond donors (Lipinski definition) is 2. The highest BCUT2D eigenvalue weighted by Crippen LogP contribution is 2.33. The Morgan fingerprint density at radius 1 is 1.26 bits per heavy atom. The van der Waals surface area contributed by atoms with Gasteiger partial charge >= 0.3 is 5.97 Å². The number of nitrogens with zero attached hydrogens (tertiary/aromatic N) is 2. The van der Waals surface area contributed by atoms with Crippen molar-refractivity contribution in [1.29, 1.82) is 0 Å². The third-order valence-corrected chi connectivity index (χ3v) is 5.84. The van der Waals surface area contributed by atoms with Gasteiger partial charge in [-0.3, -0.25) is 9.89 Å². The lowest BCUT2D eigenvalue weighted by Gasteiger charge is -2.05. The lowest BCUT2D eigenvalue weighted by molar-refractivity contribution is -0.113. The van der Waals surface area contributed by atoms with Gasteiger partial charge in [0.25, 0.3) is 0 Å². The molecule has 0 radical (unpaired) electrons. The molecule has 0 spiro atoms. The Morgan fingerprint density at radius 3 is 2.70 bits per heavy atom. The van der Waals surface area contributed by atoms with E-state index in [0.29, 0.717) is 21.5 Å². The van der Waals surface area contributed by atoms with Crippen molar-refractivity contribution in [1.82, 2.24) is 15.2 Å². The fourth-order valence-corrected chi connectivity index (χ4v) is 4.05. The molecule has 1 aromatic carbocycles. The van der Waals surface area contributed by atoms with Crippen molar-refractivity contribution in [3.63, 3.8) is 0 Å². The summed E-state index contributed by atoms with van der Waals surface area (Å²) >= 11 is 2.57. The van der Waals surface area contributed by atoms with Crippen LogP contribution in [0, 0.1) is 13.8 Å². The molecule has 140 valence electrons. The fourth-order valence-electron chi connectivity index (χ4n) is 2.39. The van der Waals surface area contributed by atoms with Crippen molar-refractivity contribution in [2.24, 2.45) is 0 Å². The molecule has 9 heteroatoms. The Bertz CT molecular complexity index is 966. The Labute approximate surface area is 164 Å². The minimum Gasteiger partial charge on any atom is -0.465 e. The number of amides is 1. The number of aromatic amines is 1. The lowest BCUT2D eigenvalue weighted by Crippen LogP contribution is -2.16. The van der Waals surface area contributed by atoms with Gasteiger partial charge in [0.1, 0.15) is 5.00 Å². The normalized spacial score (nSPS) is 10.6. The van der Waals surface area contributed by atoms with Crippen LogP contribution in [0.15, 0.2) is 35.5 Å². The minimum atomic E-state index is -0.457. The van der Waals surface area contributed by atoms with Crippen molar-refractivity contribution in [2.75, 3.05) is 18.2 Å². The molecule has 3 aromatic rings. The summed E-state index contributed by atoms with van der Waals surface area (Å²) in [6.07, 6.45) is 0. The maximum atomic E-state index is 12.3. The molecule has 0 fully saturated rings. The number of thioether (sulfide) groups is 1. The first-order chi connectivity index (χ1) is 13.0. The number of nitrogens with one attached hydrogen (secondary N) is 2. The first-order valence-corrected chi connectivity index (χ1v) is 9.88. The van der Waals surface area contributed by atoms with Crippen molar-refractivity contribution >= 4 is 40.0 Å². The standard InChI is InChI=1S/C18H18N4O3S2/c1-10-11(2)27-16(14(10)17(24)25-3)19-13(23)9-26-18-20-15(21-22-18)12-7-5-4-6-8-12/h4-8H,9H2,1-3H3,(H,19,23)(H,20,21,22). The summed E-state index contributed by atoms with van der Waals surface area (Å²) in [4.78, 5) is 29.6. The number of hydrogen-bond acceptors (Lipinski definition) is 7. The zero-order valence-corrected chi connectivity index (χ0v) is 16.7. The molecule has 0 saturated carbocycles. The highest BCUT2D eigenvalue weighted by molar-refractivity contribution is 7.99. The summed E-state index contributed by atoms with van der Waals surface area (Å²) in [6.45, 7) is 3.73. The second kappa shape index (κ2) is 8.36. The number of thiophene rings is 1. The second-order valence-electron chi connectivity index (χ2n) is 5.65. The quantitative estimate of drug-likeness (QED) is 0.482. The first kappa shape index (κ1) is 19.1. The fraction of sp³-hybridized carbons (Fsp3) is 0.222. The molecule has 1 amide bonds. The lowest BCUT2D eigenvalue weighted by atomic mass is 10.1. The molecule has 27 heavy (non-hydrogen) atoms. The van der Waals surface area contributed by atoms with Crippen molar-refractivity contribution in [2.45, 2.75) is 19.0 Å². The molecule has 2 N–H and O–H groups in total. The van der Waals surface area contributed by atoms with E-state index < -0.39 is 5.97 Å². The van der Waals surface area contributed by atoms with Crippen LogP contribution >= 0.6 is 23.1 Å². The van der Waals surface area contributed by atoms with E-state index >= 15 is 0 Å². The predicted molar refractivity (Wildman–Crippen MR) is 106 cm³/mol. The van der Waals surface area contributed by atoms with E-state index in [9.17, 15) is 9.59 Å². The van der Waals surface area contributed by atoms with Crippen LogP contribution in [0.2, 0.25) is 0 Å².